The summed E-state index contributed by atoms with van der Waals surface area (Å²) in [6.07, 6.45) is -4.73. The van der Waals surface area contributed by atoms with Crippen LogP contribution in [0.2, 0.25) is 0 Å². The van der Waals surface area contributed by atoms with Crippen LogP contribution >= 0.6 is 0 Å². The van der Waals surface area contributed by atoms with Crippen molar-refractivity contribution in [1.82, 2.24) is 0 Å². The monoisotopic (exact) mass is 306 g/mol. The van der Waals surface area contributed by atoms with Gasteiger partial charge in [-0.2, -0.15) is 0 Å². The Kier molecular flexibility index (Phi) is 6.03. The lowest BCUT2D eigenvalue weighted by atomic mass is 9.69. The normalized spacial score (nSPS) is 19.8. The first kappa shape index (κ1) is 19.5. The highest BCUT2D eigenvalue weighted by Crippen LogP contribution is 2.31. The molecule has 0 bridgehead atoms. The minimum Gasteiger partial charge on any atom is -0.394 e. The van der Waals surface area contributed by atoms with Crippen molar-refractivity contribution in [3.8, 4) is 0 Å². The molecule has 0 spiro atoms. The van der Waals surface area contributed by atoms with Crippen LogP contribution in [0.5, 0.6) is 0 Å². The molecular formula is C12H18O9. The van der Waals surface area contributed by atoms with Crippen LogP contribution in [-0.4, -0.2) is 78.7 Å². The summed E-state index contributed by atoms with van der Waals surface area (Å²) in [5.41, 5.74) is -7.08. The molecule has 0 saturated heterocycles. The van der Waals surface area contributed by atoms with Gasteiger partial charge < -0.3 is 25.5 Å². The Balaban J connectivity index is 6.36. The Morgan fingerprint density at radius 3 is 1.62 bits per heavy atom. The Morgan fingerprint density at radius 2 is 1.38 bits per heavy atom. The van der Waals surface area contributed by atoms with Crippen LogP contribution in [0.4, 0.5) is 0 Å². The zero-order valence-electron chi connectivity index (χ0n) is 11.7. The molecule has 0 aromatic heterocycles. The summed E-state index contributed by atoms with van der Waals surface area (Å²) in [5.74, 6) is -6.10. The van der Waals surface area contributed by atoms with Crippen LogP contribution in [0.15, 0.2) is 0 Å². The molecule has 0 amide bonds. The molecule has 0 aliphatic carbocycles. The van der Waals surface area contributed by atoms with Crippen LogP contribution in [0.1, 0.15) is 20.8 Å². The average Bonchev–Trinajstić information content (AvgIpc) is 2.41. The van der Waals surface area contributed by atoms with Crippen LogP contribution in [0.3, 0.4) is 0 Å². The minimum atomic E-state index is -3.58. The fourth-order valence-electron chi connectivity index (χ4n) is 1.91. The molecule has 5 N–H and O–H groups in total. The molecule has 0 aromatic carbocycles. The van der Waals surface area contributed by atoms with E-state index in [1.54, 1.807) is 0 Å². The van der Waals surface area contributed by atoms with E-state index in [0.717, 1.165) is 0 Å². The molecule has 9 heteroatoms. The fourth-order valence-corrected chi connectivity index (χ4v) is 1.91. The summed E-state index contributed by atoms with van der Waals surface area (Å²) in [4.78, 5) is 46.1. The van der Waals surface area contributed by atoms with E-state index in [4.69, 9.17) is 5.11 Å². The average molecular weight is 306 g/mol. The number of carbonyl (C=O) groups excluding carboxylic acids is 4. The van der Waals surface area contributed by atoms with E-state index >= 15 is 0 Å². The summed E-state index contributed by atoms with van der Waals surface area (Å²) in [7, 11) is 0. The standard InChI is InChI=1S/C12H18O9/c1-5(14)9(18)11(20,6(2)15)12(21,7(3)16)10(19)8(17)4-13/h8,10,13,17,19-21H,4H2,1-3H3/t8-,10-,11+,12+/m1/s1. The summed E-state index contributed by atoms with van der Waals surface area (Å²) in [6.45, 7) is 0.798. The molecule has 0 aliphatic rings. The number of hydrogen-bond donors (Lipinski definition) is 5. The van der Waals surface area contributed by atoms with Gasteiger partial charge >= 0.3 is 0 Å². The van der Waals surface area contributed by atoms with E-state index in [-0.39, 0.29) is 0 Å². The quantitative estimate of drug-likeness (QED) is 0.225. The van der Waals surface area contributed by atoms with Gasteiger partial charge in [-0.25, -0.2) is 0 Å². The van der Waals surface area contributed by atoms with Crippen molar-refractivity contribution in [2.45, 2.75) is 44.2 Å². The van der Waals surface area contributed by atoms with Gasteiger partial charge in [0.1, 0.15) is 12.2 Å². The van der Waals surface area contributed by atoms with Crippen molar-refractivity contribution in [2.75, 3.05) is 6.61 Å². The summed E-state index contributed by atoms with van der Waals surface area (Å²) >= 11 is 0. The number of aliphatic hydroxyl groups is 5. The number of hydrogen-bond acceptors (Lipinski definition) is 9. The third-order valence-corrected chi connectivity index (χ3v) is 3.23. The number of ketones is 4. The van der Waals surface area contributed by atoms with E-state index in [0.29, 0.717) is 20.8 Å². The molecule has 0 heterocycles. The van der Waals surface area contributed by atoms with Gasteiger partial charge in [0.25, 0.3) is 0 Å². The van der Waals surface area contributed by atoms with E-state index in [2.05, 4.69) is 0 Å². The van der Waals surface area contributed by atoms with Crippen molar-refractivity contribution in [3.05, 3.63) is 0 Å². The molecule has 0 rings (SSSR count). The molecule has 0 fully saturated rings. The Bertz CT molecular complexity index is 471. The first-order chi connectivity index (χ1) is 9.38. The van der Waals surface area contributed by atoms with Crippen LogP contribution < -0.4 is 0 Å². The lowest BCUT2D eigenvalue weighted by Gasteiger charge is -2.42. The van der Waals surface area contributed by atoms with Gasteiger partial charge in [0.15, 0.2) is 23.0 Å². The first-order valence-electron chi connectivity index (χ1n) is 5.88. The van der Waals surface area contributed by atoms with Crippen LogP contribution in [-0.2, 0) is 19.2 Å². The summed E-state index contributed by atoms with van der Waals surface area (Å²) in [6, 6.07) is 0. The molecular weight excluding hydrogens is 288 g/mol. The van der Waals surface area contributed by atoms with Gasteiger partial charge in [-0.05, 0) is 13.8 Å². The highest BCUT2D eigenvalue weighted by Gasteiger charge is 2.66. The zero-order chi connectivity index (χ0) is 17.2. The van der Waals surface area contributed by atoms with E-state index in [9.17, 15) is 39.6 Å². The van der Waals surface area contributed by atoms with Crippen LogP contribution in [0, 0.1) is 0 Å². The number of aliphatic hydroxyl groups excluding tert-OH is 3. The van der Waals surface area contributed by atoms with Crippen LogP contribution in [0.25, 0.3) is 0 Å². The molecule has 4 atom stereocenters. The summed E-state index contributed by atoms with van der Waals surface area (Å²) < 4.78 is 0. The van der Waals surface area contributed by atoms with Gasteiger partial charge in [-0.1, -0.05) is 0 Å². The SMILES string of the molecule is CC(=O)C(=O)[C@@](O)(C(C)=O)[C@](O)(C(C)=O)[C@H](O)[C@H](O)CO. The first-order valence-corrected chi connectivity index (χ1v) is 5.88. The molecule has 0 unspecified atom stereocenters. The lowest BCUT2D eigenvalue weighted by Crippen LogP contribution is -2.74. The minimum absolute atomic E-state index is 0.618. The fraction of sp³-hybridized carbons (Fsp3) is 0.667. The number of rotatable bonds is 8. The van der Waals surface area contributed by atoms with Gasteiger partial charge in [-0.15, -0.1) is 0 Å². The van der Waals surface area contributed by atoms with Gasteiger partial charge in [0, 0.05) is 6.92 Å². The van der Waals surface area contributed by atoms with Crippen molar-refractivity contribution < 1.29 is 44.7 Å². The number of carbonyl (C=O) groups is 4. The Hall–Kier alpha value is -1.52. The number of Topliss-reactive ketones (excluding diaryl/α,β-unsaturated/α-hetero) is 4. The second-order valence-corrected chi connectivity index (χ2v) is 4.67. The second-order valence-electron chi connectivity index (χ2n) is 4.67. The summed E-state index contributed by atoms with van der Waals surface area (Å²) in [5, 5.41) is 48.3. The second kappa shape index (κ2) is 6.50. The predicted octanol–water partition coefficient (Wildman–Crippen LogP) is -3.50. The smallest absolute Gasteiger partial charge is 0.240 e. The van der Waals surface area contributed by atoms with Crippen molar-refractivity contribution >= 4 is 23.1 Å². The topological polar surface area (TPSA) is 169 Å². The van der Waals surface area contributed by atoms with Crippen molar-refractivity contribution in [3.63, 3.8) is 0 Å². The van der Waals surface area contributed by atoms with Gasteiger partial charge in [-0.3, -0.25) is 19.2 Å². The Labute approximate surface area is 119 Å². The lowest BCUT2D eigenvalue weighted by molar-refractivity contribution is -0.216. The molecule has 0 saturated carbocycles. The predicted molar refractivity (Wildman–Crippen MR) is 66.0 cm³/mol. The van der Waals surface area contributed by atoms with Gasteiger partial charge in [0.05, 0.1) is 6.61 Å². The Morgan fingerprint density at radius 1 is 0.952 bits per heavy atom. The van der Waals surface area contributed by atoms with Crippen molar-refractivity contribution in [2.24, 2.45) is 0 Å². The van der Waals surface area contributed by atoms with E-state index < -0.39 is 53.1 Å². The third-order valence-electron chi connectivity index (χ3n) is 3.23. The molecule has 0 aliphatic heterocycles. The molecule has 0 aromatic rings. The largest absolute Gasteiger partial charge is 0.394 e. The highest BCUT2D eigenvalue weighted by molar-refractivity contribution is 6.45. The maximum absolute atomic E-state index is 11.8. The molecule has 9 nitrogen and oxygen atoms in total. The zero-order valence-corrected chi connectivity index (χ0v) is 11.7. The molecule has 0 radical (unpaired) electrons. The maximum Gasteiger partial charge on any atom is 0.240 e. The molecule has 21 heavy (non-hydrogen) atoms. The van der Waals surface area contributed by atoms with Gasteiger partial charge in [0.2, 0.25) is 11.4 Å². The van der Waals surface area contributed by atoms with Crippen molar-refractivity contribution in [1.29, 1.82) is 0 Å². The highest BCUT2D eigenvalue weighted by atomic mass is 16.4. The molecule has 120 valence electrons. The third kappa shape index (κ3) is 2.92. The maximum atomic E-state index is 11.8. The van der Waals surface area contributed by atoms with E-state index in [1.807, 2.05) is 0 Å². The van der Waals surface area contributed by atoms with E-state index in [1.165, 1.54) is 0 Å².